The summed E-state index contributed by atoms with van der Waals surface area (Å²) in [6.07, 6.45) is 5.73. The summed E-state index contributed by atoms with van der Waals surface area (Å²) >= 11 is 1.08. The lowest BCUT2D eigenvalue weighted by atomic mass is 10.3. The molecule has 1 unspecified atom stereocenters. The summed E-state index contributed by atoms with van der Waals surface area (Å²) in [6, 6.07) is 0.939. The van der Waals surface area contributed by atoms with Gasteiger partial charge in [0.05, 0.1) is 6.04 Å². The first kappa shape index (κ1) is 12.0. The first-order chi connectivity index (χ1) is 6.99. The molecule has 0 bridgehead atoms. The zero-order valence-corrected chi connectivity index (χ0v) is 9.86. The van der Waals surface area contributed by atoms with Gasteiger partial charge in [-0.25, -0.2) is 8.42 Å². The molecule has 0 aliphatic carbocycles. The molecule has 0 spiro atoms. The zero-order chi connectivity index (χ0) is 11.5. The number of anilines is 1. The number of nitrogens with two attached hydrogens (primary N) is 1. The van der Waals surface area contributed by atoms with Crippen LogP contribution in [0.2, 0.25) is 0 Å². The van der Waals surface area contributed by atoms with E-state index in [4.69, 9.17) is 12.2 Å². The monoisotopic (exact) mass is 244 g/mol. The molecule has 3 N–H and O–H groups in total. The molecule has 1 aromatic heterocycles. The number of sulfonamides is 1. The van der Waals surface area contributed by atoms with Gasteiger partial charge >= 0.3 is 0 Å². The van der Waals surface area contributed by atoms with E-state index in [1.165, 1.54) is 6.07 Å². The number of rotatable bonds is 4. The van der Waals surface area contributed by atoms with Crippen LogP contribution in [0.3, 0.4) is 0 Å². The van der Waals surface area contributed by atoms with Crippen molar-refractivity contribution in [1.82, 2.24) is 4.72 Å². The average Bonchev–Trinajstić information content (AvgIpc) is 2.62. The van der Waals surface area contributed by atoms with Crippen molar-refractivity contribution in [3.63, 3.8) is 0 Å². The smallest absolute Gasteiger partial charge is 0.251 e. The van der Waals surface area contributed by atoms with Gasteiger partial charge in [0, 0.05) is 11.1 Å². The highest BCUT2D eigenvalue weighted by molar-refractivity contribution is 7.91. The van der Waals surface area contributed by atoms with Gasteiger partial charge in [-0.05, 0) is 12.5 Å². The third kappa shape index (κ3) is 2.96. The Balaban J connectivity index is 2.90. The maximum Gasteiger partial charge on any atom is 0.251 e. The molecule has 15 heavy (non-hydrogen) atoms. The third-order valence-corrected chi connectivity index (χ3v) is 4.70. The molecule has 0 saturated carbocycles. The van der Waals surface area contributed by atoms with Gasteiger partial charge in [0.2, 0.25) is 0 Å². The van der Waals surface area contributed by atoms with E-state index >= 15 is 0 Å². The van der Waals surface area contributed by atoms with Crippen molar-refractivity contribution >= 4 is 27.0 Å². The van der Waals surface area contributed by atoms with E-state index < -0.39 is 16.1 Å². The molecule has 6 heteroatoms. The summed E-state index contributed by atoms with van der Waals surface area (Å²) in [5, 5.41) is 1.57. The van der Waals surface area contributed by atoms with Crippen LogP contribution in [0.5, 0.6) is 0 Å². The fraction of sp³-hybridized carbons (Fsp3) is 0.333. The Kier molecular flexibility index (Phi) is 3.74. The Morgan fingerprint density at radius 3 is 2.80 bits per heavy atom. The van der Waals surface area contributed by atoms with Gasteiger partial charge in [0.25, 0.3) is 10.0 Å². The standard InChI is InChI=1S/C9H12N2O2S2/c1-3-8(4-2)11-15(12,13)9-5-7(10)6-14-9/h1,5-6,8,11H,4,10H2,2H3. The van der Waals surface area contributed by atoms with Crippen molar-refractivity contribution < 1.29 is 8.42 Å². The van der Waals surface area contributed by atoms with Crippen molar-refractivity contribution in [1.29, 1.82) is 0 Å². The lowest BCUT2D eigenvalue weighted by Gasteiger charge is -2.09. The van der Waals surface area contributed by atoms with E-state index in [0.717, 1.165) is 11.3 Å². The summed E-state index contributed by atoms with van der Waals surface area (Å²) in [5.74, 6) is 2.37. The van der Waals surface area contributed by atoms with E-state index in [1.807, 2.05) is 6.92 Å². The van der Waals surface area contributed by atoms with Gasteiger partial charge in [-0.3, -0.25) is 0 Å². The van der Waals surface area contributed by atoms with E-state index in [-0.39, 0.29) is 4.21 Å². The van der Waals surface area contributed by atoms with Crippen molar-refractivity contribution in [3.8, 4) is 12.3 Å². The minimum atomic E-state index is -3.52. The first-order valence-electron chi connectivity index (χ1n) is 4.32. The number of nitrogens with one attached hydrogen (secondary N) is 1. The molecule has 1 rings (SSSR count). The summed E-state index contributed by atoms with van der Waals surface area (Å²) in [6.45, 7) is 1.82. The number of nitrogen functional groups attached to an aromatic ring is 1. The quantitative estimate of drug-likeness (QED) is 0.777. The predicted molar refractivity (Wildman–Crippen MR) is 62.0 cm³/mol. The van der Waals surface area contributed by atoms with Gasteiger partial charge in [-0.1, -0.05) is 12.8 Å². The van der Waals surface area contributed by atoms with Crippen LogP contribution in [0.4, 0.5) is 5.69 Å². The summed E-state index contributed by atoms with van der Waals surface area (Å²) in [5.41, 5.74) is 5.89. The van der Waals surface area contributed by atoms with E-state index in [2.05, 4.69) is 10.6 Å². The Bertz CT molecular complexity index is 471. The summed E-state index contributed by atoms with van der Waals surface area (Å²) < 4.78 is 26.0. The second-order valence-electron chi connectivity index (χ2n) is 2.95. The maximum absolute atomic E-state index is 11.7. The van der Waals surface area contributed by atoms with Crippen LogP contribution >= 0.6 is 11.3 Å². The highest BCUT2D eigenvalue weighted by atomic mass is 32.2. The highest BCUT2D eigenvalue weighted by Gasteiger charge is 2.19. The molecule has 1 heterocycles. The number of hydrogen-bond donors (Lipinski definition) is 2. The molecule has 0 saturated heterocycles. The fourth-order valence-electron chi connectivity index (χ4n) is 0.952. The SMILES string of the molecule is C#CC(CC)NS(=O)(=O)c1cc(N)cs1. The normalized spacial score (nSPS) is 13.3. The van der Waals surface area contributed by atoms with Crippen LogP contribution in [0, 0.1) is 12.3 Å². The topological polar surface area (TPSA) is 72.2 Å². The Hall–Kier alpha value is -1.03. The second-order valence-corrected chi connectivity index (χ2v) is 5.80. The van der Waals surface area contributed by atoms with Gasteiger partial charge in [0.1, 0.15) is 4.21 Å². The minimum Gasteiger partial charge on any atom is -0.398 e. The van der Waals surface area contributed by atoms with E-state index in [0.29, 0.717) is 12.1 Å². The molecule has 1 atom stereocenters. The Morgan fingerprint density at radius 1 is 1.73 bits per heavy atom. The van der Waals surface area contributed by atoms with Crippen LogP contribution < -0.4 is 10.5 Å². The lowest BCUT2D eigenvalue weighted by Crippen LogP contribution is -2.32. The van der Waals surface area contributed by atoms with E-state index in [9.17, 15) is 8.42 Å². The lowest BCUT2D eigenvalue weighted by molar-refractivity contribution is 0.572. The molecule has 0 aliphatic heterocycles. The molecule has 0 amide bonds. The van der Waals surface area contributed by atoms with Crippen molar-refractivity contribution in [2.24, 2.45) is 0 Å². The molecule has 82 valence electrons. The van der Waals surface area contributed by atoms with Crippen LogP contribution in [0.15, 0.2) is 15.7 Å². The van der Waals surface area contributed by atoms with Crippen LogP contribution in [0.25, 0.3) is 0 Å². The molecule has 1 aromatic rings. The van der Waals surface area contributed by atoms with E-state index in [1.54, 1.807) is 5.38 Å². The van der Waals surface area contributed by atoms with Crippen LogP contribution in [0.1, 0.15) is 13.3 Å². The minimum absolute atomic E-state index is 0.189. The van der Waals surface area contributed by atoms with Gasteiger partial charge in [-0.2, -0.15) is 4.72 Å². The number of thiophene rings is 1. The van der Waals surface area contributed by atoms with Gasteiger partial charge < -0.3 is 5.73 Å². The van der Waals surface area contributed by atoms with Crippen molar-refractivity contribution in [2.75, 3.05) is 5.73 Å². The largest absolute Gasteiger partial charge is 0.398 e. The number of terminal acetylenes is 1. The summed E-state index contributed by atoms with van der Waals surface area (Å²) in [4.78, 5) is 0. The molecular weight excluding hydrogens is 232 g/mol. The first-order valence-corrected chi connectivity index (χ1v) is 6.68. The molecule has 4 nitrogen and oxygen atoms in total. The highest BCUT2D eigenvalue weighted by Crippen LogP contribution is 2.21. The van der Waals surface area contributed by atoms with Crippen molar-refractivity contribution in [2.45, 2.75) is 23.6 Å². The predicted octanol–water partition coefficient (Wildman–Crippen LogP) is 1.02. The van der Waals surface area contributed by atoms with Crippen LogP contribution in [-0.4, -0.2) is 14.5 Å². The molecule has 0 fully saturated rings. The van der Waals surface area contributed by atoms with Crippen LogP contribution in [-0.2, 0) is 10.0 Å². The second kappa shape index (κ2) is 4.66. The van der Waals surface area contributed by atoms with Gasteiger partial charge in [0.15, 0.2) is 0 Å². The Labute approximate surface area is 93.5 Å². The molecule has 0 aliphatic rings. The summed E-state index contributed by atoms with van der Waals surface area (Å²) in [7, 11) is -3.52. The maximum atomic E-state index is 11.7. The van der Waals surface area contributed by atoms with Crippen molar-refractivity contribution in [3.05, 3.63) is 11.4 Å². The average molecular weight is 244 g/mol. The molecular formula is C9H12N2O2S2. The molecule has 0 radical (unpaired) electrons. The van der Waals surface area contributed by atoms with Gasteiger partial charge in [-0.15, -0.1) is 17.8 Å². The third-order valence-electron chi connectivity index (χ3n) is 1.77. The Morgan fingerprint density at radius 2 is 2.40 bits per heavy atom. The zero-order valence-electron chi connectivity index (χ0n) is 8.23. The number of hydrogen-bond acceptors (Lipinski definition) is 4. The molecule has 0 aromatic carbocycles. The fourth-order valence-corrected chi connectivity index (χ4v) is 3.29.